The molecule has 2 heterocycles. The molecule has 0 saturated carbocycles. The molecule has 4 rings (SSSR count). The fourth-order valence-corrected chi connectivity index (χ4v) is 3.86. The first-order chi connectivity index (χ1) is 12.2. The van der Waals surface area contributed by atoms with Crippen LogP contribution in [-0.4, -0.2) is 29.0 Å². The molecule has 1 fully saturated rings. The fourth-order valence-electron chi connectivity index (χ4n) is 3.86. The Bertz CT molecular complexity index is 932. The molecule has 3 nitrogen and oxygen atoms in total. The van der Waals surface area contributed by atoms with Gasteiger partial charge in [0.15, 0.2) is 0 Å². The van der Waals surface area contributed by atoms with Crippen LogP contribution in [0.2, 0.25) is 0 Å². The van der Waals surface area contributed by atoms with Crippen molar-refractivity contribution in [2.24, 2.45) is 0 Å². The lowest BCUT2D eigenvalue weighted by Gasteiger charge is -2.20. The van der Waals surface area contributed by atoms with Crippen molar-refractivity contribution in [2.45, 2.75) is 32.2 Å². The molecule has 1 aliphatic rings. The SMILES string of the molecule is CC1CCCN1CCc1cc2cc(-c3cccc(C#N)c3)ccc2[nH]1. The first-order valence-corrected chi connectivity index (χ1v) is 9.09. The van der Waals surface area contributed by atoms with Gasteiger partial charge in [0, 0.05) is 35.6 Å². The fraction of sp³-hybridized carbons (Fsp3) is 0.318. The predicted molar refractivity (Wildman–Crippen MR) is 102 cm³/mol. The molecule has 1 unspecified atom stereocenters. The summed E-state index contributed by atoms with van der Waals surface area (Å²) < 4.78 is 0. The summed E-state index contributed by atoms with van der Waals surface area (Å²) in [5, 5.41) is 10.3. The minimum Gasteiger partial charge on any atom is -0.358 e. The number of aromatic nitrogens is 1. The number of nitrogens with one attached hydrogen (secondary N) is 1. The number of hydrogen-bond acceptors (Lipinski definition) is 2. The van der Waals surface area contributed by atoms with E-state index in [4.69, 9.17) is 5.26 Å². The average molecular weight is 329 g/mol. The Morgan fingerprint density at radius 1 is 1.16 bits per heavy atom. The summed E-state index contributed by atoms with van der Waals surface area (Å²) in [6, 6.07) is 19.5. The molecule has 0 amide bonds. The van der Waals surface area contributed by atoms with Crippen LogP contribution in [0.5, 0.6) is 0 Å². The summed E-state index contributed by atoms with van der Waals surface area (Å²) in [6.07, 6.45) is 3.73. The molecule has 1 N–H and O–H groups in total. The lowest BCUT2D eigenvalue weighted by atomic mass is 10.0. The second-order valence-corrected chi connectivity index (χ2v) is 7.07. The Hall–Kier alpha value is -2.57. The van der Waals surface area contributed by atoms with Gasteiger partial charge in [0.05, 0.1) is 11.6 Å². The monoisotopic (exact) mass is 329 g/mol. The van der Waals surface area contributed by atoms with Crippen molar-refractivity contribution in [1.82, 2.24) is 9.88 Å². The van der Waals surface area contributed by atoms with Crippen molar-refractivity contribution < 1.29 is 0 Å². The van der Waals surface area contributed by atoms with Gasteiger partial charge in [0.1, 0.15) is 0 Å². The Kier molecular flexibility index (Phi) is 4.29. The molecule has 1 saturated heterocycles. The van der Waals surface area contributed by atoms with E-state index >= 15 is 0 Å². The maximum absolute atomic E-state index is 9.09. The van der Waals surface area contributed by atoms with Crippen LogP contribution < -0.4 is 0 Å². The normalized spacial score (nSPS) is 17.8. The van der Waals surface area contributed by atoms with E-state index in [1.807, 2.05) is 18.2 Å². The Balaban J connectivity index is 1.55. The Morgan fingerprint density at radius 2 is 2.04 bits per heavy atom. The predicted octanol–water partition coefficient (Wildman–Crippen LogP) is 4.73. The van der Waals surface area contributed by atoms with Crippen molar-refractivity contribution in [3.05, 3.63) is 59.8 Å². The lowest BCUT2D eigenvalue weighted by molar-refractivity contribution is 0.271. The summed E-state index contributed by atoms with van der Waals surface area (Å²) in [5.41, 5.74) is 5.44. The molecule has 0 aliphatic carbocycles. The molecule has 1 atom stereocenters. The van der Waals surface area contributed by atoms with Crippen LogP contribution in [0.15, 0.2) is 48.5 Å². The minimum absolute atomic E-state index is 0.701. The maximum atomic E-state index is 9.09. The topological polar surface area (TPSA) is 42.8 Å². The summed E-state index contributed by atoms with van der Waals surface area (Å²) in [4.78, 5) is 6.14. The number of rotatable bonds is 4. The highest BCUT2D eigenvalue weighted by Crippen LogP contribution is 2.26. The smallest absolute Gasteiger partial charge is 0.0991 e. The van der Waals surface area contributed by atoms with E-state index in [1.165, 1.54) is 36.0 Å². The van der Waals surface area contributed by atoms with E-state index in [2.05, 4.69) is 53.2 Å². The lowest BCUT2D eigenvalue weighted by Crippen LogP contribution is -2.29. The second kappa shape index (κ2) is 6.74. The van der Waals surface area contributed by atoms with Crippen LogP contribution in [0.1, 0.15) is 31.0 Å². The maximum Gasteiger partial charge on any atom is 0.0991 e. The van der Waals surface area contributed by atoms with Crippen molar-refractivity contribution in [1.29, 1.82) is 5.26 Å². The molecule has 0 bridgehead atoms. The third-order valence-corrected chi connectivity index (χ3v) is 5.36. The number of benzene rings is 2. The van der Waals surface area contributed by atoms with Crippen LogP contribution in [0.4, 0.5) is 0 Å². The zero-order valence-electron chi connectivity index (χ0n) is 14.6. The number of H-pyrrole nitrogens is 1. The summed E-state index contributed by atoms with van der Waals surface area (Å²) in [6.45, 7) is 4.70. The van der Waals surface area contributed by atoms with E-state index in [1.54, 1.807) is 0 Å². The molecule has 25 heavy (non-hydrogen) atoms. The molecule has 2 aromatic carbocycles. The van der Waals surface area contributed by atoms with E-state index in [0.29, 0.717) is 5.56 Å². The molecule has 0 spiro atoms. The molecule has 126 valence electrons. The highest BCUT2D eigenvalue weighted by atomic mass is 15.2. The van der Waals surface area contributed by atoms with Crippen molar-refractivity contribution in [2.75, 3.05) is 13.1 Å². The zero-order valence-corrected chi connectivity index (χ0v) is 14.6. The summed E-state index contributed by atoms with van der Waals surface area (Å²) in [7, 11) is 0. The number of nitrogens with zero attached hydrogens (tertiary/aromatic N) is 2. The van der Waals surface area contributed by atoms with Gasteiger partial charge in [0.2, 0.25) is 0 Å². The van der Waals surface area contributed by atoms with Crippen LogP contribution in [-0.2, 0) is 6.42 Å². The van der Waals surface area contributed by atoms with Gasteiger partial charge in [-0.2, -0.15) is 5.26 Å². The van der Waals surface area contributed by atoms with E-state index in [-0.39, 0.29) is 0 Å². The molecule has 3 heteroatoms. The number of likely N-dealkylation sites (tertiary alicyclic amines) is 1. The minimum atomic E-state index is 0.701. The van der Waals surface area contributed by atoms with E-state index in [9.17, 15) is 0 Å². The number of fused-ring (bicyclic) bond motifs is 1. The molecular formula is C22H23N3. The Labute approximate surface area is 148 Å². The Morgan fingerprint density at radius 3 is 2.84 bits per heavy atom. The summed E-state index contributed by atoms with van der Waals surface area (Å²) >= 11 is 0. The highest BCUT2D eigenvalue weighted by Gasteiger charge is 2.19. The molecular weight excluding hydrogens is 306 g/mol. The van der Waals surface area contributed by atoms with E-state index in [0.717, 1.165) is 30.1 Å². The number of nitriles is 1. The molecule has 0 radical (unpaired) electrons. The largest absolute Gasteiger partial charge is 0.358 e. The van der Waals surface area contributed by atoms with Crippen LogP contribution >= 0.6 is 0 Å². The summed E-state index contributed by atoms with van der Waals surface area (Å²) in [5.74, 6) is 0. The average Bonchev–Trinajstić information content (AvgIpc) is 3.24. The third kappa shape index (κ3) is 3.31. The van der Waals surface area contributed by atoms with Gasteiger partial charge in [-0.25, -0.2) is 0 Å². The number of aromatic amines is 1. The number of hydrogen-bond donors (Lipinski definition) is 1. The van der Waals surface area contributed by atoms with Crippen molar-refractivity contribution in [3.8, 4) is 17.2 Å². The van der Waals surface area contributed by atoms with Crippen LogP contribution in [0.3, 0.4) is 0 Å². The van der Waals surface area contributed by atoms with Gasteiger partial charge in [-0.05, 0) is 67.8 Å². The van der Waals surface area contributed by atoms with Crippen molar-refractivity contribution >= 4 is 10.9 Å². The van der Waals surface area contributed by atoms with Gasteiger partial charge < -0.3 is 9.88 Å². The van der Waals surface area contributed by atoms with Gasteiger partial charge in [0.25, 0.3) is 0 Å². The van der Waals surface area contributed by atoms with Gasteiger partial charge >= 0.3 is 0 Å². The first kappa shape index (κ1) is 15.9. The third-order valence-electron chi connectivity index (χ3n) is 5.36. The van der Waals surface area contributed by atoms with Crippen molar-refractivity contribution in [3.63, 3.8) is 0 Å². The molecule has 1 aliphatic heterocycles. The van der Waals surface area contributed by atoms with Gasteiger partial charge in [-0.1, -0.05) is 18.2 Å². The van der Waals surface area contributed by atoms with Gasteiger partial charge in [-0.15, -0.1) is 0 Å². The van der Waals surface area contributed by atoms with Crippen LogP contribution in [0.25, 0.3) is 22.0 Å². The highest BCUT2D eigenvalue weighted by molar-refractivity contribution is 5.86. The molecule has 1 aromatic heterocycles. The quantitative estimate of drug-likeness (QED) is 0.751. The van der Waals surface area contributed by atoms with Gasteiger partial charge in [-0.3, -0.25) is 0 Å². The second-order valence-electron chi connectivity index (χ2n) is 7.07. The first-order valence-electron chi connectivity index (χ1n) is 9.09. The standard InChI is InChI=1S/C22H23N3/c1-16-4-3-10-25(16)11-9-21-14-20-13-19(7-8-22(20)24-21)18-6-2-5-17(12-18)15-23/h2,5-8,12-14,16,24H,3-4,9-11H2,1H3. The van der Waals surface area contributed by atoms with Crippen LogP contribution in [0, 0.1) is 11.3 Å². The van der Waals surface area contributed by atoms with E-state index < -0.39 is 0 Å². The zero-order chi connectivity index (χ0) is 17.2. The molecule has 3 aromatic rings.